The lowest BCUT2D eigenvalue weighted by Crippen LogP contribution is -2.31. The molecular formula is C15H18ClNO3. The van der Waals surface area contributed by atoms with Crippen molar-refractivity contribution in [3.8, 4) is 0 Å². The SMILES string of the molecule is CC(C(=O)O)=C(C)C(=O)N(C)C(C)c1cccc(Cl)c1. The third-order valence-electron chi connectivity index (χ3n) is 3.44. The van der Waals surface area contributed by atoms with Crippen LogP contribution in [0.5, 0.6) is 0 Å². The third-order valence-corrected chi connectivity index (χ3v) is 3.67. The predicted octanol–water partition coefficient (Wildman–Crippen LogP) is 3.28. The van der Waals surface area contributed by atoms with Gasteiger partial charge in [0.1, 0.15) is 0 Å². The average molecular weight is 296 g/mol. The number of rotatable bonds is 4. The molecule has 5 heteroatoms. The highest BCUT2D eigenvalue weighted by Crippen LogP contribution is 2.23. The average Bonchev–Trinajstić information content (AvgIpc) is 2.43. The molecule has 1 atom stereocenters. The van der Waals surface area contributed by atoms with E-state index in [2.05, 4.69) is 0 Å². The summed E-state index contributed by atoms with van der Waals surface area (Å²) in [4.78, 5) is 24.7. The molecule has 0 fully saturated rings. The van der Waals surface area contributed by atoms with Gasteiger partial charge in [0.05, 0.1) is 6.04 Å². The van der Waals surface area contributed by atoms with E-state index in [1.807, 2.05) is 19.1 Å². The number of benzene rings is 1. The smallest absolute Gasteiger partial charge is 0.331 e. The molecule has 20 heavy (non-hydrogen) atoms. The maximum Gasteiger partial charge on any atom is 0.331 e. The molecule has 0 saturated heterocycles. The minimum absolute atomic E-state index is 0.0557. The maximum absolute atomic E-state index is 12.3. The molecule has 1 unspecified atom stereocenters. The molecular weight excluding hydrogens is 278 g/mol. The van der Waals surface area contributed by atoms with E-state index in [-0.39, 0.29) is 23.1 Å². The molecule has 0 aliphatic carbocycles. The highest BCUT2D eigenvalue weighted by atomic mass is 35.5. The number of hydrogen-bond acceptors (Lipinski definition) is 2. The van der Waals surface area contributed by atoms with Crippen molar-refractivity contribution in [2.75, 3.05) is 7.05 Å². The molecule has 0 heterocycles. The normalized spacial score (nSPS) is 13.4. The Bertz CT molecular complexity index is 566. The van der Waals surface area contributed by atoms with E-state index >= 15 is 0 Å². The van der Waals surface area contributed by atoms with E-state index in [1.165, 1.54) is 18.7 Å². The lowest BCUT2D eigenvalue weighted by Gasteiger charge is -2.26. The van der Waals surface area contributed by atoms with Gasteiger partial charge in [-0.1, -0.05) is 23.7 Å². The second-order valence-electron chi connectivity index (χ2n) is 4.70. The van der Waals surface area contributed by atoms with E-state index < -0.39 is 5.97 Å². The number of amides is 1. The first-order valence-corrected chi connectivity index (χ1v) is 6.57. The van der Waals surface area contributed by atoms with Crippen LogP contribution in [0.3, 0.4) is 0 Å². The van der Waals surface area contributed by atoms with E-state index in [9.17, 15) is 9.59 Å². The van der Waals surface area contributed by atoms with Gasteiger partial charge in [-0.05, 0) is 38.5 Å². The maximum atomic E-state index is 12.3. The molecule has 1 rings (SSSR count). The quantitative estimate of drug-likeness (QED) is 0.867. The number of nitrogens with zero attached hydrogens (tertiary/aromatic N) is 1. The molecule has 4 nitrogen and oxygen atoms in total. The number of carboxylic acids is 1. The van der Waals surface area contributed by atoms with Crippen LogP contribution in [0.4, 0.5) is 0 Å². The van der Waals surface area contributed by atoms with Crippen LogP contribution < -0.4 is 0 Å². The topological polar surface area (TPSA) is 57.6 Å². The molecule has 0 aliphatic rings. The van der Waals surface area contributed by atoms with Gasteiger partial charge in [-0.3, -0.25) is 4.79 Å². The first kappa shape index (κ1) is 16.2. The monoisotopic (exact) mass is 295 g/mol. The van der Waals surface area contributed by atoms with E-state index in [0.29, 0.717) is 5.02 Å². The van der Waals surface area contributed by atoms with Gasteiger partial charge in [0, 0.05) is 23.2 Å². The number of likely N-dealkylation sites (N-methyl/N-ethyl adjacent to an activating group) is 1. The number of hydrogen-bond donors (Lipinski definition) is 1. The van der Waals surface area contributed by atoms with Crippen molar-refractivity contribution >= 4 is 23.5 Å². The number of carbonyl (C=O) groups excluding carboxylic acids is 1. The van der Waals surface area contributed by atoms with Gasteiger partial charge in [0.2, 0.25) is 5.91 Å². The second-order valence-corrected chi connectivity index (χ2v) is 5.14. The summed E-state index contributed by atoms with van der Waals surface area (Å²) in [5, 5.41) is 9.53. The first-order valence-electron chi connectivity index (χ1n) is 6.19. The lowest BCUT2D eigenvalue weighted by molar-refractivity contribution is -0.134. The van der Waals surface area contributed by atoms with Crippen LogP contribution in [-0.4, -0.2) is 28.9 Å². The van der Waals surface area contributed by atoms with Gasteiger partial charge in [-0.25, -0.2) is 4.79 Å². The van der Waals surface area contributed by atoms with Crippen molar-refractivity contribution in [1.29, 1.82) is 0 Å². The van der Waals surface area contributed by atoms with Gasteiger partial charge in [0.15, 0.2) is 0 Å². The van der Waals surface area contributed by atoms with Crippen molar-refractivity contribution in [3.63, 3.8) is 0 Å². The van der Waals surface area contributed by atoms with Crippen molar-refractivity contribution in [1.82, 2.24) is 4.90 Å². The number of carboxylic acid groups (broad SMARTS) is 1. The fraction of sp³-hybridized carbons (Fsp3) is 0.333. The zero-order valence-corrected chi connectivity index (χ0v) is 12.7. The second kappa shape index (κ2) is 6.57. The Kier molecular flexibility index (Phi) is 5.34. The Morgan fingerprint density at radius 1 is 1.25 bits per heavy atom. The Hall–Kier alpha value is -1.81. The Labute approximate surface area is 123 Å². The Balaban J connectivity index is 3.00. The van der Waals surface area contributed by atoms with Gasteiger partial charge in [-0.15, -0.1) is 0 Å². The molecule has 1 aromatic rings. The molecule has 108 valence electrons. The fourth-order valence-corrected chi connectivity index (χ4v) is 1.95. The van der Waals surface area contributed by atoms with Crippen LogP contribution in [0.1, 0.15) is 32.4 Å². The van der Waals surface area contributed by atoms with E-state index in [4.69, 9.17) is 16.7 Å². The molecule has 0 saturated carbocycles. The lowest BCUT2D eigenvalue weighted by atomic mass is 10.1. The molecule has 0 radical (unpaired) electrons. The van der Waals surface area contributed by atoms with Crippen LogP contribution in [0, 0.1) is 0 Å². The van der Waals surface area contributed by atoms with Crippen molar-refractivity contribution in [2.24, 2.45) is 0 Å². The Morgan fingerprint density at radius 2 is 1.85 bits per heavy atom. The third kappa shape index (κ3) is 3.61. The summed E-state index contributed by atoms with van der Waals surface area (Å²) in [5.74, 6) is -1.39. The van der Waals surface area contributed by atoms with Gasteiger partial charge >= 0.3 is 5.97 Å². The van der Waals surface area contributed by atoms with Crippen LogP contribution in [0.25, 0.3) is 0 Å². The molecule has 1 aromatic carbocycles. The predicted molar refractivity (Wildman–Crippen MR) is 78.6 cm³/mol. The van der Waals surface area contributed by atoms with Crippen LogP contribution in [-0.2, 0) is 9.59 Å². The molecule has 0 bridgehead atoms. The minimum Gasteiger partial charge on any atom is -0.478 e. The zero-order chi connectivity index (χ0) is 15.4. The number of halogens is 1. The fourth-order valence-electron chi connectivity index (χ4n) is 1.75. The molecule has 0 aliphatic heterocycles. The van der Waals surface area contributed by atoms with E-state index in [0.717, 1.165) is 5.56 Å². The molecule has 0 aromatic heterocycles. The summed E-state index contributed by atoms with van der Waals surface area (Å²) in [6.07, 6.45) is 0. The largest absolute Gasteiger partial charge is 0.478 e. The number of carbonyl (C=O) groups is 2. The van der Waals surface area contributed by atoms with Crippen LogP contribution in [0.15, 0.2) is 35.4 Å². The van der Waals surface area contributed by atoms with Gasteiger partial charge in [0.25, 0.3) is 0 Å². The van der Waals surface area contributed by atoms with Gasteiger partial charge in [-0.2, -0.15) is 0 Å². The van der Waals surface area contributed by atoms with Crippen molar-refractivity contribution < 1.29 is 14.7 Å². The molecule has 1 amide bonds. The van der Waals surface area contributed by atoms with E-state index in [1.54, 1.807) is 19.2 Å². The minimum atomic E-state index is -1.08. The highest BCUT2D eigenvalue weighted by molar-refractivity contribution is 6.30. The number of aliphatic carboxylic acids is 1. The van der Waals surface area contributed by atoms with Crippen molar-refractivity contribution in [2.45, 2.75) is 26.8 Å². The van der Waals surface area contributed by atoms with Crippen molar-refractivity contribution in [3.05, 3.63) is 46.0 Å². The van der Waals surface area contributed by atoms with Crippen LogP contribution in [0.2, 0.25) is 5.02 Å². The highest BCUT2D eigenvalue weighted by Gasteiger charge is 2.21. The first-order chi connectivity index (χ1) is 9.25. The standard InChI is InChI=1S/C15H18ClNO3/c1-9(10(2)15(19)20)14(18)17(4)11(3)12-6-5-7-13(16)8-12/h5-8,11H,1-4H3,(H,19,20). The summed E-state index contributed by atoms with van der Waals surface area (Å²) in [6.45, 7) is 4.81. The summed E-state index contributed by atoms with van der Waals surface area (Å²) in [5.41, 5.74) is 1.18. The summed E-state index contributed by atoms with van der Waals surface area (Å²) in [7, 11) is 1.65. The molecule has 0 spiro atoms. The summed E-state index contributed by atoms with van der Waals surface area (Å²) < 4.78 is 0. The van der Waals surface area contributed by atoms with Gasteiger partial charge < -0.3 is 10.0 Å². The summed E-state index contributed by atoms with van der Waals surface area (Å²) in [6, 6.07) is 7.05. The summed E-state index contributed by atoms with van der Waals surface area (Å²) >= 11 is 5.94. The van der Waals surface area contributed by atoms with Crippen LogP contribution >= 0.6 is 11.6 Å². The Morgan fingerprint density at radius 3 is 2.35 bits per heavy atom. The zero-order valence-electron chi connectivity index (χ0n) is 12.0. The molecule has 1 N–H and O–H groups in total.